The first-order valence-electron chi connectivity index (χ1n) is 12.4. The zero-order chi connectivity index (χ0) is 25.5. The third-order valence-electron chi connectivity index (χ3n) is 7.19. The Kier molecular flexibility index (Phi) is 6.25. The highest BCUT2D eigenvalue weighted by molar-refractivity contribution is 7.09. The number of ether oxygens (including phenoxy) is 1. The first-order valence-corrected chi connectivity index (χ1v) is 13.3. The first kappa shape index (κ1) is 24.3. The first-order chi connectivity index (χ1) is 17.1. The molecule has 1 spiro atoms. The Bertz CT molecular complexity index is 1320. The van der Waals surface area contributed by atoms with E-state index in [9.17, 15) is 10.1 Å². The lowest BCUT2D eigenvalue weighted by Crippen LogP contribution is -2.66. The number of nitrogens with one attached hydrogen (secondary N) is 1. The quantitative estimate of drug-likeness (QED) is 0.455. The average Bonchev–Trinajstić information content (AvgIpc) is 3.29. The van der Waals surface area contributed by atoms with Crippen LogP contribution in [0.4, 0.5) is 5.69 Å². The predicted molar refractivity (Wildman–Crippen MR) is 142 cm³/mol. The molecular weight excluding hydrogens is 468 g/mol. The Labute approximate surface area is 216 Å². The smallest absolute Gasteiger partial charge is 0.254 e. The second kappa shape index (κ2) is 9.25. The number of rotatable bonds is 6. The van der Waals surface area contributed by atoms with Gasteiger partial charge in [-0.15, -0.1) is 11.3 Å². The summed E-state index contributed by atoms with van der Waals surface area (Å²) in [5, 5.41) is 15.8. The van der Waals surface area contributed by atoms with E-state index in [0.29, 0.717) is 29.5 Å². The second-order valence-corrected chi connectivity index (χ2v) is 12.2. The summed E-state index contributed by atoms with van der Waals surface area (Å²) in [4.78, 5) is 19.7. The summed E-state index contributed by atoms with van der Waals surface area (Å²) in [6, 6.07) is 16.0. The van der Waals surface area contributed by atoms with E-state index < -0.39 is 0 Å². The summed E-state index contributed by atoms with van der Waals surface area (Å²) in [7, 11) is 0. The van der Waals surface area contributed by atoms with E-state index in [2.05, 4.69) is 42.5 Å². The van der Waals surface area contributed by atoms with Crippen molar-refractivity contribution in [1.82, 2.24) is 9.88 Å². The van der Waals surface area contributed by atoms with Gasteiger partial charge in [-0.25, -0.2) is 4.98 Å². The fourth-order valence-electron chi connectivity index (χ4n) is 5.09. The molecule has 0 radical (unpaired) electrons. The van der Waals surface area contributed by atoms with Gasteiger partial charge in [-0.3, -0.25) is 4.79 Å². The molecule has 1 amide bonds. The second-order valence-electron chi connectivity index (χ2n) is 11.2. The van der Waals surface area contributed by atoms with E-state index in [-0.39, 0.29) is 16.7 Å². The maximum atomic E-state index is 13.1. The van der Waals surface area contributed by atoms with Crippen molar-refractivity contribution in [3.05, 3.63) is 75.2 Å². The van der Waals surface area contributed by atoms with Crippen molar-refractivity contribution < 1.29 is 9.53 Å². The molecule has 1 aromatic heterocycles. The van der Waals surface area contributed by atoms with Crippen molar-refractivity contribution in [3.63, 3.8) is 0 Å². The van der Waals surface area contributed by atoms with E-state index >= 15 is 0 Å². The summed E-state index contributed by atoms with van der Waals surface area (Å²) in [5.41, 5.74) is 4.67. The lowest BCUT2D eigenvalue weighted by Gasteiger charge is -2.59. The summed E-state index contributed by atoms with van der Waals surface area (Å²) in [5.74, 6) is 0.746. The Hall–Kier alpha value is -3.37. The van der Waals surface area contributed by atoms with Gasteiger partial charge >= 0.3 is 0 Å². The van der Waals surface area contributed by atoms with Crippen LogP contribution in [0.15, 0.2) is 47.8 Å². The fourth-order valence-corrected chi connectivity index (χ4v) is 6.02. The number of carbonyl (C=O) groups is 1. The highest BCUT2D eigenvalue weighted by Crippen LogP contribution is 2.49. The molecule has 1 N–H and O–H groups in total. The zero-order valence-electron chi connectivity index (χ0n) is 21.3. The number of nitriles is 1. The van der Waals surface area contributed by atoms with Crippen LogP contribution >= 0.6 is 11.3 Å². The molecular formula is C29H32N4O2S. The molecule has 5 rings (SSSR count). The average molecular weight is 501 g/mol. The van der Waals surface area contributed by atoms with E-state index in [0.717, 1.165) is 47.9 Å². The van der Waals surface area contributed by atoms with Crippen LogP contribution in [0.3, 0.4) is 0 Å². The van der Waals surface area contributed by atoms with Crippen LogP contribution in [-0.4, -0.2) is 34.9 Å². The minimum absolute atomic E-state index is 0.0216. The number of hydrogen-bond acceptors (Lipinski definition) is 6. The number of aromatic nitrogens is 1. The van der Waals surface area contributed by atoms with Crippen LogP contribution in [0.5, 0.6) is 5.75 Å². The third-order valence-corrected chi connectivity index (χ3v) is 8.01. The number of likely N-dealkylation sites (tertiary alicyclic amines) is 1. The summed E-state index contributed by atoms with van der Waals surface area (Å²) in [6.07, 6.45) is 2.08. The number of amides is 1. The lowest BCUT2D eigenvalue weighted by molar-refractivity contribution is -0.0492. The zero-order valence-corrected chi connectivity index (χ0v) is 22.1. The van der Waals surface area contributed by atoms with Gasteiger partial charge in [0.05, 0.1) is 17.3 Å². The van der Waals surface area contributed by atoms with Crippen LogP contribution in [0.25, 0.3) is 0 Å². The van der Waals surface area contributed by atoms with Crippen molar-refractivity contribution >= 4 is 22.9 Å². The van der Waals surface area contributed by atoms with E-state index in [1.165, 1.54) is 0 Å². The molecule has 1 aliphatic heterocycles. The Balaban J connectivity index is 1.12. The molecule has 0 atom stereocenters. The van der Waals surface area contributed by atoms with Crippen LogP contribution in [0.2, 0.25) is 0 Å². The number of thiazole rings is 1. The van der Waals surface area contributed by atoms with Gasteiger partial charge in [0.15, 0.2) is 0 Å². The van der Waals surface area contributed by atoms with E-state index in [1.54, 1.807) is 11.3 Å². The molecule has 3 aromatic rings. The van der Waals surface area contributed by atoms with Crippen molar-refractivity contribution in [2.24, 2.45) is 5.41 Å². The van der Waals surface area contributed by atoms with Crippen LogP contribution < -0.4 is 10.1 Å². The number of nitrogens with zero attached hydrogens (tertiary/aromatic N) is 3. The van der Waals surface area contributed by atoms with Crippen molar-refractivity contribution in [2.45, 2.75) is 58.6 Å². The summed E-state index contributed by atoms with van der Waals surface area (Å²) < 4.78 is 5.96. The van der Waals surface area contributed by atoms with Crippen LogP contribution in [-0.2, 0) is 12.0 Å². The molecule has 2 heterocycles. The summed E-state index contributed by atoms with van der Waals surface area (Å²) in [6.45, 7) is 10.4. The Morgan fingerprint density at radius 2 is 2.03 bits per heavy atom. The maximum absolute atomic E-state index is 13.1. The fraction of sp³-hybridized carbons (Fsp3) is 0.414. The normalized spacial score (nSPS) is 16.7. The van der Waals surface area contributed by atoms with Crippen molar-refractivity contribution in [2.75, 3.05) is 18.4 Å². The highest BCUT2D eigenvalue weighted by atomic mass is 32.1. The number of hydrogen-bond donors (Lipinski definition) is 1. The molecule has 1 saturated carbocycles. The monoisotopic (exact) mass is 500 g/mol. The van der Waals surface area contributed by atoms with Gasteiger partial charge in [-0.2, -0.15) is 5.26 Å². The van der Waals surface area contributed by atoms with Crippen LogP contribution in [0.1, 0.15) is 65.8 Å². The summed E-state index contributed by atoms with van der Waals surface area (Å²) >= 11 is 1.60. The molecule has 2 aliphatic rings. The molecule has 1 saturated heterocycles. The van der Waals surface area contributed by atoms with Gasteiger partial charge in [0.1, 0.15) is 17.4 Å². The van der Waals surface area contributed by atoms with Gasteiger partial charge in [-0.1, -0.05) is 32.9 Å². The molecule has 7 heteroatoms. The minimum atomic E-state index is 0.0216. The van der Waals surface area contributed by atoms with Gasteiger partial charge in [-0.05, 0) is 55.7 Å². The molecule has 186 valence electrons. The Morgan fingerprint density at radius 1 is 1.25 bits per heavy atom. The van der Waals surface area contributed by atoms with Crippen LogP contribution in [0, 0.1) is 23.7 Å². The molecule has 36 heavy (non-hydrogen) atoms. The molecule has 2 fully saturated rings. The van der Waals surface area contributed by atoms with E-state index in [4.69, 9.17) is 4.74 Å². The number of carbonyl (C=O) groups excluding carboxylic acids is 1. The van der Waals surface area contributed by atoms with Gasteiger partial charge in [0.2, 0.25) is 0 Å². The minimum Gasteiger partial charge on any atom is -0.486 e. The van der Waals surface area contributed by atoms with Crippen molar-refractivity contribution in [3.8, 4) is 11.8 Å². The lowest BCUT2D eigenvalue weighted by atomic mass is 9.60. The highest BCUT2D eigenvalue weighted by Gasteiger charge is 2.53. The number of anilines is 1. The van der Waals surface area contributed by atoms with Gasteiger partial charge < -0.3 is 15.0 Å². The molecule has 0 unspecified atom stereocenters. The third kappa shape index (κ3) is 4.96. The van der Waals surface area contributed by atoms with Gasteiger partial charge in [0, 0.05) is 46.6 Å². The molecule has 0 bridgehead atoms. The molecule has 6 nitrogen and oxygen atoms in total. The topological polar surface area (TPSA) is 78.2 Å². The largest absolute Gasteiger partial charge is 0.486 e. The van der Waals surface area contributed by atoms with Gasteiger partial charge in [0.25, 0.3) is 5.91 Å². The molecule has 1 aliphatic carbocycles. The Morgan fingerprint density at radius 3 is 2.72 bits per heavy atom. The van der Waals surface area contributed by atoms with Crippen molar-refractivity contribution in [1.29, 1.82) is 5.26 Å². The number of aryl methyl sites for hydroxylation is 1. The van der Waals surface area contributed by atoms with E-state index in [1.807, 2.05) is 54.3 Å². The predicted octanol–water partition coefficient (Wildman–Crippen LogP) is 5.92. The molecule has 2 aromatic carbocycles. The number of benzene rings is 2. The standard InChI is InChI=1S/C29H32N4O2S/c1-19-8-9-22(10-21(19)14-30)31-23-12-29(13-23)17-33(18-29)27(34)20-6-5-7-24(11-20)35-15-26-32-25(16-36-26)28(2,3)4/h5-11,16,23,31H,12-13,15,17-18H2,1-4H3. The SMILES string of the molecule is Cc1ccc(NC2CC3(C2)CN(C(=O)c2cccc(OCc4nc(C(C)(C)C)cs4)c2)C3)cc1C#N. The maximum Gasteiger partial charge on any atom is 0.254 e.